The molecule has 0 atom stereocenters. The highest BCUT2D eigenvalue weighted by Crippen LogP contribution is 2.29. The molecule has 1 amide bonds. The lowest BCUT2D eigenvalue weighted by molar-refractivity contribution is 0.102. The number of nitrogens with one attached hydrogen (secondary N) is 2. The number of fused-ring (bicyclic) bond motifs is 1. The van der Waals surface area contributed by atoms with Gasteiger partial charge in [-0.15, -0.1) is 0 Å². The van der Waals surface area contributed by atoms with E-state index < -0.39 is 32.5 Å². The number of sulfonamides is 1. The van der Waals surface area contributed by atoms with Crippen LogP contribution in [0.25, 0.3) is 0 Å². The molecule has 216 valence electrons. The van der Waals surface area contributed by atoms with E-state index in [1.165, 1.54) is 0 Å². The van der Waals surface area contributed by atoms with E-state index >= 15 is 0 Å². The summed E-state index contributed by atoms with van der Waals surface area (Å²) in [6.07, 6.45) is 0.297. The van der Waals surface area contributed by atoms with Crippen LogP contribution in [0, 0.1) is 18.6 Å². The normalized spacial score (nSPS) is 14.2. The Morgan fingerprint density at radius 3 is 2.42 bits per heavy atom. The van der Waals surface area contributed by atoms with Crippen LogP contribution < -0.4 is 10.1 Å². The zero-order chi connectivity index (χ0) is 29.2. The Balaban J connectivity index is 1.44. The van der Waals surface area contributed by atoms with Gasteiger partial charge in [0.05, 0.1) is 4.90 Å². The molecule has 0 unspecified atom stereocenters. The molecule has 12 heteroatoms. The van der Waals surface area contributed by atoms with Crippen LogP contribution in [0.5, 0.6) is 5.75 Å². The Morgan fingerprint density at radius 1 is 1.12 bits per heavy atom. The van der Waals surface area contributed by atoms with Crippen molar-refractivity contribution in [2.24, 2.45) is 0 Å². The van der Waals surface area contributed by atoms with Crippen molar-refractivity contribution < 1.29 is 26.7 Å². The number of H-pyrrole nitrogens is 1. The molecule has 2 N–H and O–H groups in total. The molecule has 0 spiro atoms. The highest BCUT2D eigenvalue weighted by molar-refractivity contribution is 7.89. The summed E-state index contributed by atoms with van der Waals surface area (Å²) in [7, 11) is -4.18. The average molecular weight is 576 g/mol. The quantitative estimate of drug-likeness (QED) is 0.369. The first kappa shape index (κ1) is 29.6. The Kier molecular flexibility index (Phi) is 8.91. The molecule has 1 aliphatic rings. The molecule has 2 aromatic carbocycles. The van der Waals surface area contributed by atoms with Crippen LogP contribution in [0.1, 0.15) is 54.9 Å². The molecule has 0 radical (unpaired) electrons. The number of hydrogen-bond donors (Lipinski definition) is 2. The lowest BCUT2D eigenvalue weighted by atomic mass is 10.1. The van der Waals surface area contributed by atoms with E-state index in [1.54, 1.807) is 18.2 Å². The molecule has 1 aromatic heterocycles. The molecule has 2 heterocycles. The van der Waals surface area contributed by atoms with Crippen molar-refractivity contribution in [2.75, 3.05) is 25.0 Å². The fourth-order valence-electron chi connectivity index (χ4n) is 4.94. The third-order valence-electron chi connectivity index (χ3n) is 6.99. The average Bonchev–Trinajstić information content (AvgIpc) is 3.27. The van der Waals surface area contributed by atoms with Gasteiger partial charge in [-0.05, 0) is 70.5 Å². The van der Waals surface area contributed by atoms with Gasteiger partial charge in [0.15, 0.2) is 5.82 Å². The molecular formula is C28H35F2N5O4S. The first-order valence-electron chi connectivity index (χ1n) is 13.2. The largest absolute Gasteiger partial charge is 0.492 e. The molecule has 0 saturated heterocycles. The van der Waals surface area contributed by atoms with Gasteiger partial charge >= 0.3 is 0 Å². The number of carbonyl (C=O) groups is 1. The lowest BCUT2D eigenvalue weighted by Gasteiger charge is -2.30. The lowest BCUT2D eigenvalue weighted by Crippen LogP contribution is -2.39. The molecule has 9 nitrogen and oxygen atoms in total. The molecule has 4 rings (SSSR count). The number of carbonyl (C=O) groups excluding carboxylic acids is 1. The Labute approximate surface area is 233 Å². The number of aromatic nitrogens is 2. The summed E-state index contributed by atoms with van der Waals surface area (Å²) in [5, 5.41) is 9.81. The van der Waals surface area contributed by atoms with E-state index in [4.69, 9.17) is 4.74 Å². The van der Waals surface area contributed by atoms with Gasteiger partial charge in [0, 0.05) is 61.0 Å². The smallest absolute Gasteiger partial charge is 0.257 e. The molecular weight excluding hydrogens is 540 g/mol. The van der Waals surface area contributed by atoms with E-state index in [0.717, 1.165) is 23.0 Å². The number of aromatic amines is 1. The van der Waals surface area contributed by atoms with Gasteiger partial charge in [-0.3, -0.25) is 14.8 Å². The van der Waals surface area contributed by atoms with Crippen molar-refractivity contribution >= 4 is 21.7 Å². The van der Waals surface area contributed by atoms with E-state index in [2.05, 4.69) is 48.1 Å². The predicted octanol–water partition coefficient (Wildman–Crippen LogP) is 4.49. The summed E-state index contributed by atoms with van der Waals surface area (Å²) >= 11 is 0. The highest BCUT2D eigenvalue weighted by Gasteiger charge is 2.32. The standard InChI is InChI=1S/C28H35F2N5O4S/c1-17(2)35(18(3)4)10-11-39-22-6-7-24(19(5)12-22)28(36)31-27-25-16-34(9-8-26(25)32-33-27)40(37,38)23-14-20(29)13-21(30)15-23/h6-7,12-15,17-18H,8-11,16H2,1-5H3,(H2,31,32,33,36). The number of amides is 1. The van der Waals surface area contributed by atoms with Gasteiger partial charge in [0.25, 0.3) is 5.91 Å². The molecule has 40 heavy (non-hydrogen) atoms. The second-order valence-corrected chi connectivity index (χ2v) is 12.4. The Bertz CT molecular complexity index is 1460. The van der Waals surface area contributed by atoms with Crippen LogP contribution >= 0.6 is 0 Å². The summed E-state index contributed by atoms with van der Waals surface area (Å²) in [5.74, 6) is -1.50. The van der Waals surface area contributed by atoms with Crippen molar-refractivity contribution in [1.82, 2.24) is 19.4 Å². The van der Waals surface area contributed by atoms with Gasteiger partial charge in [0.2, 0.25) is 10.0 Å². The maximum atomic E-state index is 13.7. The molecule has 3 aromatic rings. The number of benzene rings is 2. The topological polar surface area (TPSA) is 108 Å². The SMILES string of the molecule is Cc1cc(OCCN(C(C)C)C(C)C)ccc1C(=O)Nc1n[nH]c2c1CN(S(=O)(=O)c1cc(F)cc(F)c1)CC2. The summed E-state index contributed by atoms with van der Waals surface area (Å²) in [5.41, 5.74) is 2.31. The van der Waals surface area contributed by atoms with Crippen molar-refractivity contribution in [1.29, 1.82) is 0 Å². The molecule has 0 fully saturated rings. The van der Waals surface area contributed by atoms with Crippen LogP contribution in [0.15, 0.2) is 41.3 Å². The number of halogens is 2. The minimum absolute atomic E-state index is 0.0930. The maximum absolute atomic E-state index is 13.7. The van der Waals surface area contributed by atoms with Gasteiger partial charge < -0.3 is 10.1 Å². The monoisotopic (exact) mass is 575 g/mol. The van der Waals surface area contributed by atoms with Gasteiger partial charge in [-0.2, -0.15) is 9.40 Å². The second-order valence-electron chi connectivity index (χ2n) is 10.4. The maximum Gasteiger partial charge on any atom is 0.257 e. The number of rotatable bonds is 10. The van der Waals surface area contributed by atoms with Crippen molar-refractivity contribution in [3.8, 4) is 5.75 Å². The molecule has 0 saturated carbocycles. The fraction of sp³-hybridized carbons (Fsp3) is 0.429. The Morgan fingerprint density at radius 2 is 1.80 bits per heavy atom. The van der Waals surface area contributed by atoms with E-state index in [9.17, 15) is 22.0 Å². The number of anilines is 1. The van der Waals surface area contributed by atoms with E-state index in [-0.39, 0.29) is 18.9 Å². The van der Waals surface area contributed by atoms with Crippen LogP contribution in [-0.2, 0) is 23.0 Å². The second kappa shape index (κ2) is 12.0. The van der Waals surface area contributed by atoms with Crippen molar-refractivity contribution in [3.05, 3.63) is 70.4 Å². The van der Waals surface area contributed by atoms with Gasteiger partial charge in [-0.1, -0.05) is 0 Å². The fourth-order valence-corrected chi connectivity index (χ4v) is 6.39. The summed E-state index contributed by atoms with van der Waals surface area (Å²) < 4.78 is 60.6. The van der Waals surface area contributed by atoms with Gasteiger partial charge in [0.1, 0.15) is 24.0 Å². The van der Waals surface area contributed by atoms with Crippen LogP contribution in [0.3, 0.4) is 0 Å². The zero-order valence-corrected chi connectivity index (χ0v) is 24.1. The molecule has 1 aliphatic heterocycles. The number of hydrogen-bond acceptors (Lipinski definition) is 6. The Hall–Kier alpha value is -3.35. The van der Waals surface area contributed by atoms with Crippen molar-refractivity contribution in [2.45, 2.75) is 64.6 Å². The zero-order valence-electron chi connectivity index (χ0n) is 23.3. The number of aryl methyl sites for hydroxylation is 1. The predicted molar refractivity (Wildman–Crippen MR) is 148 cm³/mol. The third kappa shape index (κ3) is 6.51. The van der Waals surface area contributed by atoms with Crippen LogP contribution in [0.4, 0.5) is 14.6 Å². The summed E-state index contributed by atoms with van der Waals surface area (Å²) in [4.78, 5) is 15.0. The van der Waals surface area contributed by atoms with Crippen LogP contribution in [0.2, 0.25) is 0 Å². The molecule has 0 aliphatic carbocycles. The summed E-state index contributed by atoms with van der Waals surface area (Å²) in [6, 6.07) is 8.21. The minimum atomic E-state index is -4.18. The number of nitrogens with zero attached hydrogens (tertiary/aromatic N) is 3. The molecule has 0 bridgehead atoms. The summed E-state index contributed by atoms with van der Waals surface area (Å²) in [6.45, 7) is 11.7. The van der Waals surface area contributed by atoms with E-state index in [0.29, 0.717) is 59.3 Å². The van der Waals surface area contributed by atoms with E-state index in [1.807, 2.05) is 6.92 Å². The minimum Gasteiger partial charge on any atom is -0.492 e. The number of ether oxygens (including phenoxy) is 1. The van der Waals surface area contributed by atoms with Crippen molar-refractivity contribution in [3.63, 3.8) is 0 Å². The third-order valence-corrected chi connectivity index (χ3v) is 8.81. The van der Waals surface area contributed by atoms with Gasteiger partial charge in [-0.25, -0.2) is 17.2 Å². The highest BCUT2D eigenvalue weighted by atomic mass is 32.2. The first-order chi connectivity index (χ1) is 18.9. The first-order valence-corrected chi connectivity index (χ1v) is 14.6. The van der Waals surface area contributed by atoms with Crippen LogP contribution in [-0.4, -0.2) is 65.5 Å².